The van der Waals surface area contributed by atoms with Gasteiger partial charge < -0.3 is 9.88 Å². The minimum absolute atomic E-state index is 0.0138. The third-order valence-corrected chi connectivity index (χ3v) is 3.91. The average molecular weight is 299 g/mol. The maximum absolute atomic E-state index is 12.6. The second kappa shape index (κ2) is 5.62. The Labute approximate surface area is 128 Å². The van der Waals surface area contributed by atoms with Crippen molar-refractivity contribution in [2.24, 2.45) is 0 Å². The van der Waals surface area contributed by atoms with Crippen LogP contribution in [-0.2, 0) is 6.54 Å². The molecule has 0 saturated heterocycles. The summed E-state index contributed by atoms with van der Waals surface area (Å²) < 4.78 is 0. The van der Waals surface area contributed by atoms with Gasteiger partial charge in [0.15, 0.2) is 0 Å². The van der Waals surface area contributed by atoms with Gasteiger partial charge in [-0.05, 0) is 29.8 Å². The predicted octanol–water partition coefficient (Wildman–Crippen LogP) is 4.09. The predicted molar refractivity (Wildman–Crippen MR) is 85.5 cm³/mol. The fourth-order valence-electron chi connectivity index (χ4n) is 2.43. The Kier molecular flexibility index (Phi) is 3.67. The zero-order chi connectivity index (χ0) is 14.8. The number of H-pyrrole nitrogens is 1. The van der Waals surface area contributed by atoms with E-state index >= 15 is 0 Å². The average Bonchev–Trinajstić information content (AvgIpc) is 2.97. The van der Waals surface area contributed by atoms with Crippen LogP contribution in [0.5, 0.6) is 0 Å². The number of amides is 1. The third-order valence-electron chi connectivity index (χ3n) is 3.54. The fourth-order valence-corrected chi connectivity index (χ4v) is 2.63. The number of nitrogens with one attached hydrogen (secondary N) is 1. The molecule has 1 aromatic heterocycles. The number of hydrogen-bond donors (Lipinski definition) is 1. The summed E-state index contributed by atoms with van der Waals surface area (Å²) in [5.41, 5.74) is 2.60. The van der Waals surface area contributed by atoms with Crippen LogP contribution in [-0.4, -0.2) is 22.8 Å². The zero-order valence-corrected chi connectivity index (χ0v) is 12.4. The molecule has 0 saturated carbocycles. The topological polar surface area (TPSA) is 36.1 Å². The minimum Gasteiger partial charge on any atom is -0.361 e. The van der Waals surface area contributed by atoms with Crippen LogP contribution >= 0.6 is 11.6 Å². The van der Waals surface area contributed by atoms with Crippen LogP contribution in [0.25, 0.3) is 10.9 Å². The van der Waals surface area contributed by atoms with E-state index in [1.165, 1.54) is 0 Å². The molecular formula is C17H15ClN2O. The minimum atomic E-state index is -0.0138. The smallest absolute Gasteiger partial charge is 0.254 e. The van der Waals surface area contributed by atoms with Gasteiger partial charge in [-0.2, -0.15) is 0 Å². The summed E-state index contributed by atoms with van der Waals surface area (Å²) in [6.07, 6.45) is 1.84. The Balaban J connectivity index is 1.88. The standard InChI is InChI=1S/C17H15ClN2O/c1-20(11-12-5-2-3-7-15(12)18)17(21)14-6-4-8-16-13(14)9-10-19-16/h2-10,19H,11H2,1H3. The molecule has 106 valence electrons. The van der Waals surface area contributed by atoms with E-state index in [9.17, 15) is 4.79 Å². The van der Waals surface area contributed by atoms with Gasteiger partial charge in [0.05, 0.1) is 0 Å². The number of hydrogen-bond acceptors (Lipinski definition) is 1. The van der Waals surface area contributed by atoms with Crippen molar-refractivity contribution in [3.63, 3.8) is 0 Å². The number of nitrogens with zero attached hydrogens (tertiary/aromatic N) is 1. The summed E-state index contributed by atoms with van der Waals surface area (Å²) >= 11 is 6.15. The van der Waals surface area contributed by atoms with Crippen molar-refractivity contribution in [2.45, 2.75) is 6.54 Å². The summed E-state index contributed by atoms with van der Waals surface area (Å²) in [6, 6.07) is 15.2. The van der Waals surface area contributed by atoms with Crippen molar-refractivity contribution < 1.29 is 4.79 Å². The van der Waals surface area contributed by atoms with Gasteiger partial charge in [-0.15, -0.1) is 0 Å². The third kappa shape index (κ3) is 2.65. The summed E-state index contributed by atoms with van der Waals surface area (Å²) in [5.74, 6) is -0.0138. The van der Waals surface area contributed by atoms with Gasteiger partial charge in [0, 0.05) is 41.3 Å². The maximum atomic E-state index is 12.6. The van der Waals surface area contributed by atoms with E-state index in [1.54, 1.807) is 11.9 Å². The molecule has 3 rings (SSSR count). The lowest BCUT2D eigenvalue weighted by Crippen LogP contribution is -2.26. The van der Waals surface area contributed by atoms with Crippen molar-refractivity contribution in [3.05, 3.63) is 70.9 Å². The van der Waals surface area contributed by atoms with E-state index in [-0.39, 0.29) is 5.91 Å². The van der Waals surface area contributed by atoms with Crippen LogP contribution in [0, 0.1) is 0 Å². The second-order valence-corrected chi connectivity index (χ2v) is 5.40. The highest BCUT2D eigenvalue weighted by Gasteiger charge is 2.16. The monoisotopic (exact) mass is 298 g/mol. The Bertz CT molecular complexity index is 794. The molecule has 0 radical (unpaired) electrons. The van der Waals surface area contributed by atoms with Crippen molar-refractivity contribution in [1.29, 1.82) is 0 Å². The molecule has 0 atom stereocenters. The number of aromatic nitrogens is 1. The second-order valence-electron chi connectivity index (χ2n) is 5.00. The van der Waals surface area contributed by atoms with E-state index in [0.717, 1.165) is 16.5 Å². The molecule has 21 heavy (non-hydrogen) atoms. The van der Waals surface area contributed by atoms with Crippen LogP contribution in [0.4, 0.5) is 0 Å². The lowest BCUT2D eigenvalue weighted by molar-refractivity contribution is 0.0787. The van der Waals surface area contributed by atoms with Crippen molar-refractivity contribution in [2.75, 3.05) is 7.05 Å². The highest BCUT2D eigenvalue weighted by molar-refractivity contribution is 6.31. The van der Waals surface area contributed by atoms with Crippen LogP contribution in [0.15, 0.2) is 54.7 Å². The molecule has 2 aromatic carbocycles. The van der Waals surface area contributed by atoms with Crippen LogP contribution < -0.4 is 0 Å². The van der Waals surface area contributed by atoms with Gasteiger partial charge in [-0.1, -0.05) is 35.9 Å². The fraction of sp³-hybridized carbons (Fsp3) is 0.118. The van der Waals surface area contributed by atoms with Gasteiger partial charge in [-0.3, -0.25) is 4.79 Å². The molecule has 0 aliphatic carbocycles. The summed E-state index contributed by atoms with van der Waals surface area (Å²) in [7, 11) is 1.79. The largest absolute Gasteiger partial charge is 0.361 e. The highest BCUT2D eigenvalue weighted by Crippen LogP contribution is 2.21. The normalized spacial score (nSPS) is 10.8. The molecule has 0 aliphatic heterocycles. The summed E-state index contributed by atoms with van der Waals surface area (Å²) in [6.45, 7) is 0.485. The maximum Gasteiger partial charge on any atom is 0.254 e. The van der Waals surface area contributed by atoms with Crippen molar-refractivity contribution in [3.8, 4) is 0 Å². The number of benzene rings is 2. The van der Waals surface area contributed by atoms with E-state index in [4.69, 9.17) is 11.6 Å². The van der Waals surface area contributed by atoms with Crippen molar-refractivity contribution in [1.82, 2.24) is 9.88 Å². The van der Waals surface area contributed by atoms with Gasteiger partial charge in [0.2, 0.25) is 0 Å². The van der Waals surface area contributed by atoms with E-state index < -0.39 is 0 Å². The van der Waals surface area contributed by atoms with E-state index in [0.29, 0.717) is 17.1 Å². The van der Waals surface area contributed by atoms with Crippen LogP contribution in [0.1, 0.15) is 15.9 Å². The molecule has 1 amide bonds. The van der Waals surface area contributed by atoms with Crippen LogP contribution in [0.2, 0.25) is 5.02 Å². The molecule has 4 heteroatoms. The van der Waals surface area contributed by atoms with Gasteiger partial charge in [0.25, 0.3) is 5.91 Å². The first-order chi connectivity index (χ1) is 10.2. The molecule has 3 aromatic rings. The number of fused-ring (bicyclic) bond motifs is 1. The molecule has 0 fully saturated rings. The van der Waals surface area contributed by atoms with Gasteiger partial charge in [0.1, 0.15) is 0 Å². The number of halogens is 1. The number of aromatic amines is 1. The molecule has 0 bridgehead atoms. The summed E-state index contributed by atoms with van der Waals surface area (Å²) in [4.78, 5) is 17.4. The van der Waals surface area contributed by atoms with E-state index in [2.05, 4.69) is 4.98 Å². The Morgan fingerprint density at radius 2 is 1.95 bits per heavy atom. The number of carbonyl (C=O) groups excluding carboxylic acids is 1. The van der Waals surface area contributed by atoms with Gasteiger partial charge >= 0.3 is 0 Å². The molecule has 1 heterocycles. The Hall–Kier alpha value is -2.26. The Morgan fingerprint density at radius 1 is 1.14 bits per heavy atom. The highest BCUT2D eigenvalue weighted by atomic mass is 35.5. The molecule has 3 nitrogen and oxygen atoms in total. The lowest BCUT2D eigenvalue weighted by Gasteiger charge is -2.18. The first-order valence-electron chi connectivity index (χ1n) is 6.72. The quantitative estimate of drug-likeness (QED) is 0.776. The SMILES string of the molecule is CN(Cc1ccccc1Cl)C(=O)c1cccc2[nH]ccc12. The van der Waals surface area contributed by atoms with Crippen LogP contribution in [0.3, 0.4) is 0 Å². The van der Waals surface area contributed by atoms with E-state index in [1.807, 2.05) is 54.7 Å². The molecule has 0 unspecified atom stereocenters. The first-order valence-corrected chi connectivity index (χ1v) is 7.09. The molecular weight excluding hydrogens is 284 g/mol. The molecule has 1 N–H and O–H groups in total. The Morgan fingerprint density at radius 3 is 2.76 bits per heavy atom. The van der Waals surface area contributed by atoms with Gasteiger partial charge in [-0.25, -0.2) is 0 Å². The summed E-state index contributed by atoms with van der Waals surface area (Å²) in [5, 5.41) is 1.62. The number of carbonyl (C=O) groups is 1. The number of rotatable bonds is 3. The first kappa shape index (κ1) is 13.7. The zero-order valence-electron chi connectivity index (χ0n) is 11.6. The molecule has 0 spiro atoms. The van der Waals surface area contributed by atoms with Crippen molar-refractivity contribution >= 4 is 28.4 Å². The lowest BCUT2D eigenvalue weighted by atomic mass is 10.1. The molecule has 0 aliphatic rings.